The number of nitrogens with one attached hydrogen (secondary N) is 1. The van der Waals surface area contributed by atoms with Crippen LogP contribution in [-0.4, -0.2) is 36.9 Å². The minimum atomic E-state index is 0.0123. The van der Waals surface area contributed by atoms with Gasteiger partial charge in [-0.15, -0.1) is 0 Å². The highest BCUT2D eigenvalue weighted by atomic mass is 32.1. The summed E-state index contributed by atoms with van der Waals surface area (Å²) in [5.41, 5.74) is 9.80. The van der Waals surface area contributed by atoms with Crippen LogP contribution in [0.1, 0.15) is 15.4 Å². The summed E-state index contributed by atoms with van der Waals surface area (Å²) in [5.74, 6) is 0.0123. The summed E-state index contributed by atoms with van der Waals surface area (Å²) in [7, 11) is 0. The van der Waals surface area contributed by atoms with E-state index in [1.807, 2.05) is 42.6 Å². The molecule has 6 heteroatoms. The van der Waals surface area contributed by atoms with Crippen molar-refractivity contribution < 1.29 is 4.79 Å². The molecule has 3 N–H and O–H groups in total. The molecule has 0 atom stereocenters. The molecule has 1 aromatic heterocycles. The highest BCUT2D eigenvalue weighted by Crippen LogP contribution is 2.27. The van der Waals surface area contributed by atoms with Crippen LogP contribution in [-0.2, 0) is 6.42 Å². The van der Waals surface area contributed by atoms with Crippen molar-refractivity contribution in [1.82, 2.24) is 10.3 Å². The molecule has 1 aliphatic heterocycles. The van der Waals surface area contributed by atoms with Crippen molar-refractivity contribution in [3.05, 3.63) is 65.3 Å². The van der Waals surface area contributed by atoms with Crippen LogP contribution in [0.3, 0.4) is 0 Å². The molecule has 0 saturated carbocycles. The summed E-state index contributed by atoms with van der Waals surface area (Å²) in [5, 5.41) is 4.94. The average Bonchev–Trinajstić information content (AvgIpc) is 3.21. The molecule has 2 heterocycles. The zero-order valence-electron chi connectivity index (χ0n) is 15.0. The number of carbonyl (C=O) groups excluding carboxylic acids is 1. The third kappa shape index (κ3) is 4.02. The van der Waals surface area contributed by atoms with Gasteiger partial charge in [-0.3, -0.25) is 4.79 Å². The zero-order chi connectivity index (χ0) is 18.6. The van der Waals surface area contributed by atoms with Crippen LogP contribution in [0.2, 0.25) is 0 Å². The molecule has 0 bridgehead atoms. The van der Waals surface area contributed by atoms with E-state index in [4.69, 9.17) is 5.73 Å². The summed E-state index contributed by atoms with van der Waals surface area (Å²) >= 11 is 1.47. The Morgan fingerprint density at radius 1 is 1.11 bits per heavy atom. The van der Waals surface area contributed by atoms with E-state index in [2.05, 4.69) is 27.3 Å². The molecule has 0 spiro atoms. The number of rotatable bonds is 5. The maximum Gasteiger partial charge on any atom is 0.195 e. The van der Waals surface area contributed by atoms with Crippen LogP contribution in [0.25, 0.3) is 11.1 Å². The molecule has 4 rings (SSSR count). The highest BCUT2D eigenvalue weighted by molar-refractivity contribution is 7.17. The van der Waals surface area contributed by atoms with E-state index in [0.717, 1.165) is 47.9 Å². The van der Waals surface area contributed by atoms with E-state index in [-0.39, 0.29) is 12.2 Å². The first kappa shape index (κ1) is 17.7. The number of hydrogen-bond donors (Lipinski definition) is 2. The van der Waals surface area contributed by atoms with Crippen molar-refractivity contribution in [3.63, 3.8) is 0 Å². The third-order valence-corrected chi connectivity index (χ3v) is 5.86. The number of hydrogen-bond acceptors (Lipinski definition) is 6. The first-order chi connectivity index (χ1) is 13.2. The van der Waals surface area contributed by atoms with E-state index in [0.29, 0.717) is 10.7 Å². The molecule has 1 saturated heterocycles. The quantitative estimate of drug-likeness (QED) is 0.527. The number of ketones is 1. The lowest BCUT2D eigenvalue weighted by Gasteiger charge is -2.27. The number of nitrogens with two attached hydrogens (primary N) is 1. The van der Waals surface area contributed by atoms with Gasteiger partial charge in [-0.05, 0) is 28.8 Å². The van der Waals surface area contributed by atoms with Gasteiger partial charge in [0.05, 0.1) is 6.20 Å². The monoisotopic (exact) mass is 378 g/mol. The normalized spacial score (nSPS) is 14.3. The number of thiazole rings is 1. The minimum Gasteiger partial charge on any atom is -0.398 e. The molecule has 5 nitrogen and oxygen atoms in total. The van der Waals surface area contributed by atoms with Crippen molar-refractivity contribution in [3.8, 4) is 11.1 Å². The Labute approximate surface area is 162 Å². The molecular weight excluding hydrogens is 356 g/mol. The number of piperazine rings is 1. The Bertz CT molecular complexity index is 932. The lowest BCUT2D eigenvalue weighted by molar-refractivity contribution is 0.0993. The smallest absolute Gasteiger partial charge is 0.195 e. The van der Waals surface area contributed by atoms with E-state index >= 15 is 0 Å². The summed E-state index contributed by atoms with van der Waals surface area (Å²) in [6, 6.07) is 16.0. The van der Waals surface area contributed by atoms with Crippen LogP contribution in [0, 0.1) is 0 Å². The molecule has 1 aliphatic rings. The molecule has 0 amide bonds. The molecule has 0 radical (unpaired) electrons. The van der Waals surface area contributed by atoms with Gasteiger partial charge in [0.2, 0.25) is 0 Å². The average molecular weight is 379 g/mol. The Morgan fingerprint density at radius 2 is 1.89 bits per heavy atom. The third-order valence-electron chi connectivity index (χ3n) is 4.76. The first-order valence-corrected chi connectivity index (χ1v) is 9.91. The number of nitrogen functional groups attached to an aromatic ring is 1. The molecular formula is C21H22N4OS. The second kappa shape index (κ2) is 7.90. The highest BCUT2D eigenvalue weighted by Gasteiger charge is 2.18. The molecule has 0 unspecified atom stereocenters. The van der Waals surface area contributed by atoms with Crippen molar-refractivity contribution in [2.24, 2.45) is 0 Å². The van der Waals surface area contributed by atoms with Gasteiger partial charge < -0.3 is 16.0 Å². The van der Waals surface area contributed by atoms with E-state index in [1.54, 1.807) is 0 Å². The van der Waals surface area contributed by atoms with E-state index in [9.17, 15) is 4.79 Å². The van der Waals surface area contributed by atoms with Crippen molar-refractivity contribution in [2.75, 3.05) is 36.8 Å². The summed E-state index contributed by atoms with van der Waals surface area (Å²) in [4.78, 5) is 19.4. The van der Waals surface area contributed by atoms with Gasteiger partial charge in [0.25, 0.3) is 0 Å². The number of aromatic nitrogens is 1. The number of carbonyl (C=O) groups is 1. The van der Waals surface area contributed by atoms with Crippen molar-refractivity contribution in [1.29, 1.82) is 0 Å². The number of Topliss-reactive ketones (excluding diaryl/α,β-unsaturated/α-hetero) is 1. The SMILES string of the molecule is Nc1ccc(-c2ccccc2)cc1CC(=O)c1ncc(N2CCNCC2)s1. The minimum absolute atomic E-state index is 0.0123. The van der Waals surface area contributed by atoms with Crippen LogP contribution in [0.5, 0.6) is 0 Å². The zero-order valence-corrected chi connectivity index (χ0v) is 15.8. The first-order valence-electron chi connectivity index (χ1n) is 9.09. The van der Waals surface area contributed by atoms with Gasteiger partial charge in [-0.2, -0.15) is 0 Å². The van der Waals surface area contributed by atoms with Gasteiger partial charge in [-0.1, -0.05) is 47.7 Å². The maximum atomic E-state index is 12.8. The van der Waals surface area contributed by atoms with Crippen molar-refractivity contribution >= 4 is 27.8 Å². The second-order valence-electron chi connectivity index (χ2n) is 6.62. The van der Waals surface area contributed by atoms with Crippen LogP contribution < -0.4 is 16.0 Å². The van der Waals surface area contributed by atoms with Gasteiger partial charge in [-0.25, -0.2) is 4.98 Å². The Morgan fingerprint density at radius 3 is 2.67 bits per heavy atom. The second-order valence-corrected chi connectivity index (χ2v) is 7.63. The fourth-order valence-electron chi connectivity index (χ4n) is 3.24. The fraction of sp³-hybridized carbons (Fsp3) is 0.238. The van der Waals surface area contributed by atoms with Gasteiger partial charge in [0.15, 0.2) is 10.8 Å². The predicted octanol–water partition coefficient (Wildman–Crippen LogP) is 3.23. The number of nitrogens with zero attached hydrogens (tertiary/aromatic N) is 2. The lowest BCUT2D eigenvalue weighted by atomic mass is 9.99. The van der Waals surface area contributed by atoms with Crippen LogP contribution in [0.4, 0.5) is 10.7 Å². The summed E-state index contributed by atoms with van der Waals surface area (Å²) < 4.78 is 0. The number of benzene rings is 2. The van der Waals surface area contributed by atoms with Crippen molar-refractivity contribution in [2.45, 2.75) is 6.42 Å². The molecule has 138 valence electrons. The number of anilines is 2. The molecule has 2 aromatic carbocycles. The summed E-state index contributed by atoms with van der Waals surface area (Å²) in [6.07, 6.45) is 2.08. The Kier molecular flexibility index (Phi) is 5.18. The molecule has 3 aromatic rings. The van der Waals surface area contributed by atoms with Gasteiger partial charge >= 0.3 is 0 Å². The lowest BCUT2D eigenvalue weighted by Crippen LogP contribution is -2.43. The van der Waals surface area contributed by atoms with E-state index < -0.39 is 0 Å². The van der Waals surface area contributed by atoms with E-state index in [1.165, 1.54) is 11.3 Å². The molecule has 1 fully saturated rings. The topological polar surface area (TPSA) is 71.2 Å². The van der Waals surface area contributed by atoms with Crippen LogP contribution >= 0.6 is 11.3 Å². The maximum absolute atomic E-state index is 12.8. The summed E-state index contributed by atoms with van der Waals surface area (Å²) in [6.45, 7) is 3.82. The molecule has 27 heavy (non-hydrogen) atoms. The Balaban J connectivity index is 1.52. The fourth-order valence-corrected chi connectivity index (χ4v) is 4.15. The molecule has 0 aliphatic carbocycles. The van der Waals surface area contributed by atoms with Gasteiger partial charge in [0.1, 0.15) is 5.00 Å². The predicted molar refractivity (Wildman–Crippen MR) is 112 cm³/mol. The van der Waals surface area contributed by atoms with Crippen LogP contribution in [0.15, 0.2) is 54.7 Å². The standard InChI is InChI=1S/C21H22N4OS/c22-18-7-6-16(15-4-2-1-3-5-15)12-17(18)13-19(26)21-24-14-20(27-21)25-10-8-23-9-11-25/h1-7,12,14,23H,8-11,13,22H2. The van der Waals surface area contributed by atoms with Gasteiger partial charge in [0, 0.05) is 38.3 Å². The Hall–Kier alpha value is -2.70. The largest absolute Gasteiger partial charge is 0.398 e.